The van der Waals surface area contributed by atoms with E-state index in [9.17, 15) is 14.4 Å². The zero-order chi connectivity index (χ0) is 39.0. The molecule has 0 aliphatic rings. The third-order valence-corrected chi connectivity index (χ3v) is 10.8. The maximum absolute atomic E-state index is 12.7. The fraction of sp³-hybridized carbons (Fsp3) is 0.936. The largest absolute Gasteiger partial charge is 0.462 e. The van der Waals surface area contributed by atoms with Crippen molar-refractivity contribution in [3.05, 3.63) is 0 Å². The Morgan fingerprint density at radius 1 is 0.396 bits per heavy atom. The first kappa shape index (κ1) is 51.4. The molecule has 0 rings (SSSR count). The van der Waals surface area contributed by atoms with Crippen molar-refractivity contribution in [2.75, 3.05) is 13.2 Å². The van der Waals surface area contributed by atoms with E-state index in [1.54, 1.807) is 0 Å². The molecule has 2 atom stereocenters. The summed E-state index contributed by atoms with van der Waals surface area (Å²) in [5.41, 5.74) is 0. The zero-order valence-electron chi connectivity index (χ0n) is 36.1. The van der Waals surface area contributed by atoms with E-state index in [1.165, 1.54) is 141 Å². The number of rotatable bonds is 41. The lowest BCUT2D eigenvalue weighted by Crippen LogP contribution is -2.30. The van der Waals surface area contributed by atoms with Crippen LogP contribution in [0.25, 0.3) is 0 Å². The van der Waals surface area contributed by atoms with Crippen LogP contribution in [-0.4, -0.2) is 37.2 Å². The van der Waals surface area contributed by atoms with Gasteiger partial charge < -0.3 is 14.2 Å². The predicted molar refractivity (Wildman–Crippen MR) is 224 cm³/mol. The number of hydrogen-bond donors (Lipinski definition) is 0. The van der Waals surface area contributed by atoms with Gasteiger partial charge in [-0.1, -0.05) is 214 Å². The molecule has 6 heteroatoms. The highest BCUT2D eigenvalue weighted by Gasteiger charge is 2.19. The molecule has 0 aliphatic heterocycles. The Labute approximate surface area is 329 Å². The van der Waals surface area contributed by atoms with Crippen LogP contribution in [0.3, 0.4) is 0 Å². The molecule has 0 aromatic rings. The fourth-order valence-electron chi connectivity index (χ4n) is 6.90. The quantitative estimate of drug-likeness (QED) is 0.0352. The van der Waals surface area contributed by atoms with Gasteiger partial charge in [0.05, 0.1) is 0 Å². The van der Waals surface area contributed by atoms with E-state index in [-0.39, 0.29) is 31.1 Å². The van der Waals surface area contributed by atoms with E-state index in [0.717, 1.165) is 69.6 Å². The summed E-state index contributed by atoms with van der Waals surface area (Å²) < 4.78 is 16.7. The normalized spacial score (nSPS) is 12.6. The number of carbonyl (C=O) groups excluding carboxylic acids is 3. The fourth-order valence-corrected chi connectivity index (χ4v) is 6.90. The lowest BCUT2D eigenvalue weighted by atomic mass is 10.00. The predicted octanol–water partition coefficient (Wildman–Crippen LogP) is 14.6. The van der Waals surface area contributed by atoms with Crippen molar-refractivity contribution in [2.24, 2.45) is 11.8 Å². The monoisotopic (exact) mass is 751 g/mol. The van der Waals surface area contributed by atoms with Crippen LogP contribution in [0.5, 0.6) is 0 Å². The molecule has 0 spiro atoms. The van der Waals surface area contributed by atoms with Crippen molar-refractivity contribution in [2.45, 2.75) is 259 Å². The van der Waals surface area contributed by atoms with E-state index in [4.69, 9.17) is 14.2 Å². The average Bonchev–Trinajstić information content (AvgIpc) is 3.14. The standard InChI is InChI=1S/C47H90O6/c1-6-8-9-10-11-12-13-14-15-16-17-21-27-32-37-45(48)51-40-44(53-47(50)39-34-29-24-23-26-31-36-43(5)7-2)41-52-46(49)38-33-28-22-19-18-20-25-30-35-42(3)4/h42-44H,6-41H2,1-5H3/t43?,44-/m1/s1. The minimum absolute atomic E-state index is 0.0657. The Balaban J connectivity index is 4.32. The number of hydrogen-bond acceptors (Lipinski definition) is 6. The SMILES string of the molecule is CCCCCCCCCCCCCCCCC(=O)OC[C@H](COC(=O)CCCCCCCCCCC(C)C)OC(=O)CCCCCCCCC(C)CC. The van der Waals surface area contributed by atoms with E-state index in [1.807, 2.05) is 0 Å². The van der Waals surface area contributed by atoms with Crippen LogP contribution in [0, 0.1) is 11.8 Å². The molecule has 0 N–H and O–H groups in total. The summed E-state index contributed by atoms with van der Waals surface area (Å²) >= 11 is 0. The minimum Gasteiger partial charge on any atom is -0.462 e. The highest BCUT2D eigenvalue weighted by atomic mass is 16.6. The lowest BCUT2D eigenvalue weighted by molar-refractivity contribution is -0.167. The molecule has 0 aliphatic carbocycles. The van der Waals surface area contributed by atoms with Crippen molar-refractivity contribution in [1.29, 1.82) is 0 Å². The van der Waals surface area contributed by atoms with Crippen molar-refractivity contribution in [3.63, 3.8) is 0 Å². The summed E-state index contributed by atoms with van der Waals surface area (Å²) in [6.07, 6.45) is 38.1. The van der Waals surface area contributed by atoms with Crippen LogP contribution in [0.1, 0.15) is 253 Å². The first-order chi connectivity index (χ1) is 25.8. The molecule has 0 aromatic heterocycles. The van der Waals surface area contributed by atoms with Crippen molar-refractivity contribution in [1.82, 2.24) is 0 Å². The van der Waals surface area contributed by atoms with Gasteiger partial charge in [-0.2, -0.15) is 0 Å². The molecule has 0 aromatic carbocycles. The molecule has 0 saturated carbocycles. The summed E-state index contributed by atoms with van der Waals surface area (Å²) in [7, 11) is 0. The molecule has 6 nitrogen and oxygen atoms in total. The molecule has 0 radical (unpaired) electrons. The Morgan fingerprint density at radius 3 is 1.08 bits per heavy atom. The van der Waals surface area contributed by atoms with Crippen molar-refractivity contribution in [3.8, 4) is 0 Å². The second-order valence-electron chi connectivity index (χ2n) is 16.8. The number of unbranched alkanes of at least 4 members (excludes halogenated alkanes) is 25. The maximum atomic E-state index is 12.7. The molecule has 0 heterocycles. The van der Waals surface area contributed by atoms with Gasteiger partial charge in [0.25, 0.3) is 0 Å². The third-order valence-electron chi connectivity index (χ3n) is 10.8. The molecule has 0 bridgehead atoms. The van der Waals surface area contributed by atoms with Gasteiger partial charge in [0.1, 0.15) is 13.2 Å². The first-order valence-corrected chi connectivity index (χ1v) is 23.3. The topological polar surface area (TPSA) is 78.9 Å². The average molecular weight is 751 g/mol. The molecule has 1 unspecified atom stereocenters. The summed E-state index contributed by atoms with van der Waals surface area (Å²) in [6.45, 7) is 11.3. The van der Waals surface area contributed by atoms with Crippen LogP contribution in [-0.2, 0) is 28.6 Å². The Kier molecular flexibility index (Phi) is 38.9. The van der Waals surface area contributed by atoms with Crippen molar-refractivity contribution < 1.29 is 28.6 Å². The van der Waals surface area contributed by atoms with Crippen LogP contribution in [0.4, 0.5) is 0 Å². The van der Waals surface area contributed by atoms with E-state index < -0.39 is 6.10 Å². The molecule has 0 saturated heterocycles. The highest BCUT2D eigenvalue weighted by Crippen LogP contribution is 2.17. The van der Waals surface area contributed by atoms with Gasteiger partial charge in [0, 0.05) is 19.3 Å². The molecule has 0 amide bonds. The number of esters is 3. The van der Waals surface area contributed by atoms with E-state index in [2.05, 4.69) is 34.6 Å². The molecular formula is C47H90O6. The summed E-state index contributed by atoms with van der Waals surface area (Å²) in [4.78, 5) is 37.7. The molecule has 314 valence electrons. The first-order valence-electron chi connectivity index (χ1n) is 23.3. The highest BCUT2D eigenvalue weighted by molar-refractivity contribution is 5.71. The smallest absolute Gasteiger partial charge is 0.306 e. The van der Waals surface area contributed by atoms with Gasteiger partial charge in [-0.3, -0.25) is 14.4 Å². The van der Waals surface area contributed by atoms with Gasteiger partial charge in [0.15, 0.2) is 6.10 Å². The Hall–Kier alpha value is -1.59. The van der Waals surface area contributed by atoms with Crippen molar-refractivity contribution >= 4 is 17.9 Å². The molecule has 0 fully saturated rings. The summed E-state index contributed by atoms with van der Waals surface area (Å²) in [6, 6.07) is 0. The van der Waals surface area contributed by atoms with Crippen LogP contribution < -0.4 is 0 Å². The Morgan fingerprint density at radius 2 is 0.717 bits per heavy atom. The van der Waals surface area contributed by atoms with E-state index >= 15 is 0 Å². The lowest BCUT2D eigenvalue weighted by Gasteiger charge is -2.18. The maximum Gasteiger partial charge on any atom is 0.306 e. The molecule has 53 heavy (non-hydrogen) atoms. The van der Waals surface area contributed by atoms with Gasteiger partial charge in [-0.05, 0) is 31.1 Å². The second-order valence-corrected chi connectivity index (χ2v) is 16.8. The summed E-state index contributed by atoms with van der Waals surface area (Å²) in [5.74, 6) is 0.746. The van der Waals surface area contributed by atoms with E-state index in [0.29, 0.717) is 19.3 Å². The zero-order valence-corrected chi connectivity index (χ0v) is 36.1. The van der Waals surface area contributed by atoms with Crippen LogP contribution in [0.15, 0.2) is 0 Å². The van der Waals surface area contributed by atoms with Gasteiger partial charge in [0.2, 0.25) is 0 Å². The summed E-state index contributed by atoms with van der Waals surface area (Å²) in [5, 5.41) is 0. The van der Waals surface area contributed by atoms with Gasteiger partial charge in [-0.15, -0.1) is 0 Å². The second kappa shape index (κ2) is 40.1. The molecular weight excluding hydrogens is 661 g/mol. The van der Waals surface area contributed by atoms with Crippen LogP contribution >= 0.6 is 0 Å². The Bertz CT molecular complexity index is 811. The number of carbonyl (C=O) groups is 3. The van der Waals surface area contributed by atoms with Crippen LogP contribution in [0.2, 0.25) is 0 Å². The van der Waals surface area contributed by atoms with Gasteiger partial charge in [-0.25, -0.2) is 0 Å². The van der Waals surface area contributed by atoms with Gasteiger partial charge >= 0.3 is 17.9 Å². The number of ether oxygens (including phenoxy) is 3. The third kappa shape index (κ3) is 39.9. The minimum atomic E-state index is -0.761.